The number of amides is 2. The van der Waals surface area contributed by atoms with Crippen LogP contribution in [0.5, 0.6) is 5.75 Å². The number of rotatable bonds is 8. The molecule has 7 nitrogen and oxygen atoms in total. The monoisotopic (exact) mass is 397 g/mol. The molecule has 0 fully saturated rings. The van der Waals surface area contributed by atoms with E-state index < -0.39 is 23.9 Å². The zero-order chi connectivity index (χ0) is 21.0. The van der Waals surface area contributed by atoms with Crippen molar-refractivity contribution < 1.29 is 28.7 Å². The first-order valence-electron chi connectivity index (χ1n) is 9.47. The third kappa shape index (κ3) is 4.63. The molecule has 1 aliphatic rings. The average molecular weight is 397 g/mol. The van der Waals surface area contributed by atoms with E-state index in [0.717, 1.165) is 10.6 Å². The number of esters is 1. The zero-order valence-corrected chi connectivity index (χ0v) is 16.6. The Bertz CT molecular complexity index is 890. The van der Waals surface area contributed by atoms with Crippen LogP contribution in [0.4, 0.5) is 0 Å². The fourth-order valence-corrected chi connectivity index (χ4v) is 3.13. The van der Waals surface area contributed by atoms with Crippen molar-refractivity contribution in [3.05, 3.63) is 65.2 Å². The Morgan fingerprint density at radius 2 is 1.66 bits per heavy atom. The van der Waals surface area contributed by atoms with Crippen LogP contribution in [-0.2, 0) is 20.7 Å². The van der Waals surface area contributed by atoms with Crippen molar-refractivity contribution in [3.8, 4) is 5.75 Å². The summed E-state index contributed by atoms with van der Waals surface area (Å²) in [6, 6.07) is 13.6. The summed E-state index contributed by atoms with van der Waals surface area (Å²) in [6.07, 6.45) is -0.394. The number of ether oxygens (including phenoxy) is 2. The molecule has 29 heavy (non-hydrogen) atoms. The number of fused-ring (bicyclic) bond motifs is 1. The molecule has 3 rings (SSSR count). The van der Waals surface area contributed by atoms with Gasteiger partial charge in [-0.15, -0.1) is 0 Å². The molecular weight excluding hydrogens is 374 g/mol. The molecule has 2 amide bonds. The van der Waals surface area contributed by atoms with Gasteiger partial charge >= 0.3 is 5.97 Å². The van der Waals surface area contributed by atoms with Gasteiger partial charge < -0.3 is 14.3 Å². The smallest absolute Gasteiger partial charge is 0.334 e. The van der Waals surface area contributed by atoms with Gasteiger partial charge in [-0.25, -0.2) is 4.79 Å². The van der Waals surface area contributed by atoms with Gasteiger partial charge in [0.1, 0.15) is 0 Å². The van der Waals surface area contributed by atoms with Crippen LogP contribution in [0.15, 0.2) is 48.5 Å². The van der Waals surface area contributed by atoms with Gasteiger partial charge in [0.2, 0.25) is 0 Å². The molecule has 2 aromatic rings. The average Bonchev–Trinajstić information content (AvgIpc) is 2.93. The standard InChI is InChI=1S/C22H23NO6/c1-4-27-22(26)15(3)28-14(2)12-16-8-7-9-17(13-16)29-23-20(24)18-10-5-6-11-19(18)21(23)25/h5-11,13-15H,4,12H2,1-3H3. The lowest BCUT2D eigenvalue weighted by atomic mass is 10.1. The van der Waals surface area contributed by atoms with E-state index in [9.17, 15) is 14.4 Å². The summed E-state index contributed by atoms with van der Waals surface area (Å²) >= 11 is 0. The highest BCUT2D eigenvalue weighted by Crippen LogP contribution is 2.25. The van der Waals surface area contributed by atoms with Crippen LogP contribution in [-0.4, -0.2) is 41.7 Å². The van der Waals surface area contributed by atoms with E-state index in [0.29, 0.717) is 29.9 Å². The fraction of sp³-hybridized carbons (Fsp3) is 0.318. The molecule has 2 aromatic carbocycles. The molecule has 1 heterocycles. The van der Waals surface area contributed by atoms with Gasteiger partial charge in [0, 0.05) is 0 Å². The van der Waals surface area contributed by atoms with Crippen molar-refractivity contribution >= 4 is 17.8 Å². The molecule has 2 unspecified atom stereocenters. The molecule has 2 atom stereocenters. The van der Waals surface area contributed by atoms with Gasteiger partial charge in [0.05, 0.1) is 23.8 Å². The third-order valence-electron chi connectivity index (χ3n) is 4.43. The van der Waals surface area contributed by atoms with Crippen molar-refractivity contribution in [2.24, 2.45) is 0 Å². The highest BCUT2D eigenvalue weighted by atomic mass is 16.7. The van der Waals surface area contributed by atoms with Crippen molar-refractivity contribution in [2.75, 3.05) is 6.61 Å². The number of nitrogens with zero attached hydrogens (tertiary/aromatic N) is 1. The summed E-state index contributed by atoms with van der Waals surface area (Å²) in [7, 11) is 0. The zero-order valence-electron chi connectivity index (χ0n) is 16.6. The number of carbonyl (C=O) groups excluding carboxylic acids is 3. The van der Waals surface area contributed by atoms with Gasteiger partial charge in [-0.2, -0.15) is 0 Å². The van der Waals surface area contributed by atoms with Gasteiger partial charge in [-0.3, -0.25) is 9.59 Å². The minimum absolute atomic E-state index is 0.246. The van der Waals surface area contributed by atoms with Crippen molar-refractivity contribution in [1.82, 2.24) is 5.06 Å². The van der Waals surface area contributed by atoms with Crippen LogP contribution in [0, 0.1) is 0 Å². The summed E-state index contributed by atoms with van der Waals surface area (Å²) in [5.74, 6) is -1.02. The SMILES string of the molecule is CCOC(=O)C(C)OC(C)Cc1cccc(ON2C(=O)c3ccccc3C2=O)c1. The van der Waals surface area contributed by atoms with Crippen molar-refractivity contribution in [1.29, 1.82) is 0 Å². The van der Waals surface area contributed by atoms with Crippen molar-refractivity contribution in [3.63, 3.8) is 0 Å². The number of carbonyl (C=O) groups is 3. The largest absolute Gasteiger partial charge is 0.464 e. The predicted molar refractivity (Wildman–Crippen MR) is 104 cm³/mol. The molecule has 152 valence electrons. The Kier molecular flexibility index (Phi) is 6.29. The van der Waals surface area contributed by atoms with E-state index in [2.05, 4.69) is 0 Å². The van der Waals surface area contributed by atoms with E-state index in [-0.39, 0.29) is 6.10 Å². The molecule has 0 aliphatic carbocycles. The Morgan fingerprint density at radius 1 is 1.00 bits per heavy atom. The highest BCUT2D eigenvalue weighted by Gasteiger charge is 2.37. The number of hydroxylamine groups is 2. The lowest BCUT2D eigenvalue weighted by Crippen LogP contribution is -2.33. The Labute approximate surface area is 169 Å². The summed E-state index contributed by atoms with van der Waals surface area (Å²) < 4.78 is 10.6. The summed E-state index contributed by atoms with van der Waals surface area (Å²) in [5.41, 5.74) is 1.52. The molecule has 0 N–H and O–H groups in total. The molecule has 0 radical (unpaired) electrons. The molecule has 0 bridgehead atoms. The van der Waals surface area contributed by atoms with Crippen LogP contribution < -0.4 is 4.84 Å². The van der Waals surface area contributed by atoms with Gasteiger partial charge in [0.25, 0.3) is 11.8 Å². The second kappa shape index (κ2) is 8.87. The van der Waals surface area contributed by atoms with Crippen molar-refractivity contribution in [2.45, 2.75) is 39.4 Å². The fourth-order valence-electron chi connectivity index (χ4n) is 3.13. The van der Waals surface area contributed by atoms with E-state index in [4.69, 9.17) is 14.3 Å². The maximum absolute atomic E-state index is 12.4. The maximum atomic E-state index is 12.4. The number of hydrogen-bond donors (Lipinski definition) is 0. The first-order chi connectivity index (χ1) is 13.9. The molecule has 1 aliphatic heterocycles. The van der Waals surface area contributed by atoms with Crippen LogP contribution in [0.25, 0.3) is 0 Å². The minimum atomic E-state index is -0.664. The molecule has 0 saturated heterocycles. The maximum Gasteiger partial charge on any atom is 0.334 e. The molecule has 0 aromatic heterocycles. The van der Waals surface area contributed by atoms with Gasteiger partial charge in [-0.05, 0) is 57.0 Å². The topological polar surface area (TPSA) is 82.1 Å². The number of hydrogen-bond acceptors (Lipinski definition) is 6. The number of benzene rings is 2. The van der Waals surface area contributed by atoms with E-state index in [1.54, 1.807) is 56.3 Å². The van der Waals surface area contributed by atoms with Gasteiger partial charge in [-0.1, -0.05) is 29.3 Å². The molecule has 0 saturated carbocycles. The molecular formula is C22H23NO6. The summed E-state index contributed by atoms with van der Waals surface area (Å²) in [5, 5.41) is 0.770. The van der Waals surface area contributed by atoms with Crippen LogP contribution in [0.1, 0.15) is 47.1 Å². The van der Waals surface area contributed by atoms with E-state index >= 15 is 0 Å². The van der Waals surface area contributed by atoms with E-state index in [1.807, 2.05) is 13.0 Å². The normalized spacial score (nSPS) is 15.1. The first-order valence-corrected chi connectivity index (χ1v) is 9.47. The second-order valence-electron chi connectivity index (χ2n) is 6.73. The van der Waals surface area contributed by atoms with Gasteiger partial charge in [0.15, 0.2) is 11.9 Å². The summed E-state index contributed by atoms with van der Waals surface area (Å²) in [6.45, 7) is 5.55. The van der Waals surface area contributed by atoms with Crippen LogP contribution >= 0.6 is 0 Å². The quantitative estimate of drug-likeness (QED) is 0.503. The predicted octanol–water partition coefficient (Wildman–Crippen LogP) is 3.18. The Hall–Kier alpha value is -3.19. The minimum Gasteiger partial charge on any atom is -0.464 e. The Morgan fingerprint density at radius 3 is 2.28 bits per heavy atom. The van der Waals surface area contributed by atoms with Crippen LogP contribution in [0.3, 0.4) is 0 Å². The number of imide groups is 1. The Balaban J connectivity index is 1.64. The second-order valence-corrected chi connectivity index (χ2v) is 6.73. The first kappa shape index (κ1) is 20.5. The van der Waals surface area contributed by atoms with E-state index in [1.165, 1.54) is 0 Å². The molecule has 7 heteroatoms. The lowest BCUT2D eigenvalue weighted by molar-refractivity contribution is -0.158. The van der Waals surface area contributed by atoms with Crippen LogP contribution in [0.2, 0.25) is 0 Å². The molecule has 0 spiro atoms. The lowest BCUT2D eigenvalue weighted by Gasteiger charge is -2.19. The third-order valence-corrected chi connectivity index (χ3v) is 4.43. The summed E-state index contributed by atoms with van der Waals surface area (Å²) in [4.78, 5) is 42.1. The highest BCUT2D eigenvalue weighted by molar-refractivity contribution is 6.20.